The second-order valence-corrected chi connectivity index (χ2v) is 6.82. The van der Waals surface area contributed by atoms with Gasteiger partial charge in [0.25, 0.3) is 0 Å². The van der Waals surface area contributed by atoms with Crippen LogP contribution < -0.4 is 5.73 Å². The first kappa shape index (κ1) is 15.1. The van der Waals surface area contributed by atoms with Gasteiger partial charge in [0, 0.05) is 0 Å². The predicted molar refractivity (Wildman–Crippen MR) is 62.9 cm³/mol. The largest absolute Gasteiger partial charge is 0.350 e. The third kappa shape index (κ3) is 4.23. The van der Waals surface area contributed by atoms with Crippen molar-refractivity contribution in [3.63, 3.8) is 0 Å². The van der Waals surface area contributed by atoms with Gasteiger partial charge in [-0.2, -0.15) is 0 Å². The van der Waals surface area contributed by atoms with E-state index in [-0.39, 0.29) is 0 Å². The van der Waals surface area contributed by atoms with Crippen molar-refractivity contribution in [1.29, 1.82) is 0 Å². The van der Waals surface area contributed by atoms with Crippen molar-refractivity contribution in [2.24, 2.45) is 11.7 Å². The molecule has 0 fully saturated rings. The molecule has 0 amide bonds. The van der Waals surface area contributed by atoms with E-state index in [1.54, 1.807) is 20.8 Å². The molecule has 1 atom stereocenters. The minimum Gasteiger partial charge on any atom is -0.315 e. The topological polar surface area (TPSA) is 61.5 Å². The second-order valence-electron chi connectivity index (χ2n) is 4.29. The molecular formula is C10H24NO3P. The van der Waals surface area contributed by atoms with Gasteiger partial charge in [-0.05, 0) is 33.1 Å². The molecule has 0 saturated carbocycles. The van der Waals surface area contributed by atoms with Gasteiger partial charge in [0.2, 0.25) is 0 Å². The lowest BCUT2D eigenvalue weighted by atomic mass is 10.1. The van der Waals surface area contributed by atoms with E-state index in [9.17, 15) is 4.57 Å². The van der Waals surface area contributed by atoms with Crippen molar-refractivity contribution < 1.29 is 13.6 Å². The monoisotopic (exact) mass is 237 g/mol. The van der Waals surface area contributed by atoms with Crippen molar-refractivity contribution >= 4 is 7.60 Å². The highest BCUT2D eigenvalue weighted by Gasteiger charge is 2.44. The molecule has 92 valence electrons. The van der Waals surface area contributed by atoms with Crippen molar-refractivity contribution in [2.75, 3.05) is 13.2 Å². The summed E-state index contributed by atoms with van der Waals surface area (Å²) < 4.78 is 22.9. The molecule has 0 spiro atoms. The Morgan fingerprint density at radius 2 is 1.67 bits per heavy atom. The van der Waals surface area contributed by atoms with Gasteiger partial charge >= 0.3 is 7.60 Å². The first-order valence-electron chi connectivity index (χ1n) is 5.47. The minimum atomic E-state index is -3.20. The van der Waals surface area contributed by atoms with Crippen LogP contribution in [0.15, 0.2) is 0 Å². The standard InChI is InChI=1S/C10H24NO3P/c1-6-13-15(12,14-7-2)10(5,11)8-9(3)4/h9H,6-8,11H2,1-5H3. The summed E-state index contributed by atoms with van der Waals surface area (Å²) in [4.78, 5) is 0. The van der Waals surface area contributed by atoms with Crippen molar-refractivity contribution in [1.82, 2.24) is 0 Å². The Balaban J connectivity index is 4.80. The highest BCUT2D eigenvalue weighted by Crippen LogP contribution is 2.59. The van der Waals surface area contributed by atoms with Crippen LogP contribution in [0.5, 0.6) is 0 Å². The maximum absolute atomic E-state index is 12.4. The van der Waals surface area contributed by atoms with E-state index in [4.69, 9.17) is 14.8 Å². The number of hydrogen-bond acceptors (Lipinski definition) is 4. The molecule has 0 saturated heterocycles. The van der Waals surface area contributed by atoms with Crippen LogP contribution in [-0.2, 0) is 13.6 Å². The first-order chi connectivity index (χ1) is 6.79. The van der Waals surface area contributed by atoms with E-state index in [2.05, 4.69) is 0 Å². The van der Waals surface area contributed by atoms with Crippen LogP contribution in [0.1, 0.15) is 41.0 Å². The minimum absolute atomic E-state index is 0.349. The molecule has 0 aliphatic heterocycles. The van der Waals surface area contributed by atoms with E-state index < -0.39 is 12.9 Å². The molecule has 0 radical (unpaired) electrons. The number of nitrogens with two attached hydrogens (primary N) is 1. The number of rotatable bonds is 7. The van der Waals surface area contributed by atoms with E-state index >= 15 is 0 Å². The molecule has 4 nitrogen and oxygen atoms in total. The molecule has 0 heterocycles. The molecule has 15 heavy (non-hydrogen) atoms. The highest BCUT2D eigenvalue weighted by molar-refractivity contribution is 7.55. The zero-order valence-corrected chi connectivity index (χ0v) is 11.3. The van der Waals surface area contributed by atoms with Crippen molar-refractivity contribution in [3.8, 4) is 0 Å². The highest BCUT2D eigenvalue weighted by atomic mass is 31.2. The van der Waals surface area contributed by atoms with Crippen molar-refractivity contribution in [2.45, 2.75) is 46.3 Å². The van der Waals surface area contributed by atoms with E-state index in [0.29, 0.717) is 25.6 Å². The molecule has 0 aromatic heterocycles. The molecule has 2 N–H and O–H groups in total. The molecule has 0 aromatic carbocycles. The summed E-state index contributed by atoms with van der Waals surface area (Å²) in [6.45, 7) is 10.1. The fraction of sp³-hybridized carbons (Fsp3) is 1.00. The summed E-state index contributed by atoms with van der Waals surface area (Å²) in [6.07, 6.45) is 0.615. The van der Waals surface area contributed by atoms with Gasteiger partial charge in [0.1, 0.15) is 5.28 Å². The van der Waals surface area contributed by atoms with Crippen LogP contribution in [0.25, 0.3) is 0 Å². The molecule has 1 unspecified atom stereocenters. The molecule has 0 rings (SSSR count). The van der Waals surface area contributed by atoms with Gasteiger partial charge in [-0.3, -0.25) is 4.57 Å². The van der Waals surface area contributed by atoms with Gasteiger partial charge in [0.05, 0.1) is 13.2 Å². The Morgan fingerprint density at radius 1 is 1.27 bits per heavy atom. The summed E-state index contributed by atoms with van der Waals surface area (Å²) >= 11 is 0. The van der Waals surface area contributed by atoms with Gasteiger partial charge in [-0.1, -0.05) is 13.8 Å². The van der Waals surface area contributed by atoms with Crippen LogP contribution in [0, 0.1) is 5.92 Å². The zero-order chi connectivity index (χ0) is 12.1. The fourth-order valence-corrected chi connectivity index (χ4v) is 3.54. The Hall–Kier alpha value is 0.110. The third-order valence-electron chi connectivity index (χ3n) is 2.05. The van der Waals surface area contributed by atoms with Crippen molar-refractivity contribution in [3.05, 3.63) is 0 Å². The van der Waals surface area contributed by atoms with E-state index in [1.807, 2.05) is 13.8 Å². The average Bonchev–Trinajstić information content (AvgIpc) is 2.02. The molecule has 0 aliphatic carbocycles. The smallest absolute Gasteiger partial charge is 0.315 e. The summed E-state index contributed by atoms with van der Waals surface area (Å²) in [6, 6.07) is 0. The maximum Gasteiger partial charge on any atom is 0.350 e. The SMILES string of the molecule is CCOP(=O)(OCC)C(C)(N)CC(C)C. The number of hydrogen-bond donors (Lipinski definition) is 1. The first-order valence-corrected chi connectivity index (χ1v) is 7.01. The molecule has 5 heteroatoms. The van der Waals surface area contributed by atoms with Gasteiger partial charge in [-0.25, -0.2) is 0 Å². The predicted octanol–water partition coefficient (Wildman–Crippen LogP) is 2.97. The lowest BCUT2D eigenvalue weighted by molar-refractivity contribution is 0.192. The zero-order valence-electron chi connectivity index (χ0n) is 10.4. The lowest BCUT2D eigenvalue weighted by Gasteiger charge is -2.33. The Bertz CT molecular complexity index is 219. The molecule has 0 aromatic rings. The molecular weight excluding hydrogens is 213 g/mol. The lowest BCUT2D eigenvalue weighted by Crippen LogP contribution is -2.38. The molecule has 0 aliphatic rings. The maximum atomic E-state index is 12.4. The van der Waals surface area contributed by atoms with Gasteiger partial charge in [-0.15, -0.1) is 0 Å². The van der Waals surface area contributed by atoms with Gasteiger partial charge in [0.15, 0.2) is 0 Å². The van der Waals surface area contributed by atoms with Gasteiger partial charge < -0.3 is 14.8 Å². The third-order valence-corrected chi connectivity index (χ3v) is 4.68. The van der Waals surface area contributed by atoms with Crippen LogP contribution >= 0.6 is 7.60 Å². The summed E-state index contributed by atoms with van der Waals surface area (Å²) in [5.74, 6) is 0.356. The van der Waals surface area contributed by atoms with Crippen LogP contribution in [-0.4, -0.2) is 18.5 Å². The average molecular weight is 237 g/mol. The van der Waals surface area contributed by atoms with Crippen LogP contribution in [0.2, 0.25) is 0 Å². The van der Waals surface area contributed by atoms with Crippen LogP contribution in [0.3, 0.4) is 0 Å². The Labute approximate surface area is 93.1 Å². The molecule has 0 bridgehead atoms. The quantitative estimate of drug-likeness (QED) is 0.691. The summed E-state index contributed by atoms with van der Waals surface area (Å²) in [5, 5.41) is -0.910. The Morgan fingerprint density at radius 3 is 1.93 bits per heavy atom. The fourth-order valence-electron chi connectivity index (χ4n) is 1.61. The van der Waals surface area contributed by atoms with Crippen LogP contribution in [0.4, 0.5) is 0 Å². The van der Waals surface area contributed by atoms with E-state index in [0.717, 1.165) is 0 Å². The Kier molecular flexibility index (Phi) is 6.04. The summed E-state index contributed by atoms with van der Waals surface area (Å²) in [5.41, 5.74) is 6.06. The second kappa shape index (κ2) is 6.00. The normalized spacial score (nSPS) is 16.7. The summed E-state index contributed by atoms with van der Waals surface area (Å²) in [7, 11) is -3.20. The van der Waals surface area contributed by atoms with E-state index in [1.165, 1.54) is 0 Å².